The van der Waals surface area contributed by atoms with Crippen LogP contribution in [0.25, 0.3) is 0 Å². The smallest absolute Gasteiger partial charge is 0.230 e. The highest BCUT2D eigenvalue weighted by molar-refractivity contribution is 5.85. The molecule has 3 aliphatic heterocycles. The average Bonchev–Trinajstić information content (AvgIpc) is 3.40. The van der Waals surface area contributed by atoms with Crippen molar-refractivity contribution in [2.24, 2.45) is 5.41 Å². The van der Waals surface area contributed by atoms with Gasteiger partial charge in [-0.1, -0.05) is 6.92 Å². The van der Waals surface area contributed by atoms with E-state index in [0.717, 1.165) is 75.9 Å². The quantitative estimate of drug-likeness (QED) is 0.745. The first kappa shape index (κ1) is 19.4. The summed E-state index contributed by atoms with van der Waals surface area (Å²) in [5.74, 6) is 2.17. The van der Waals surface area contributed by atoms with E-state index in [2.05, 4.69) is 22.8 Å². The van der Waals surface area contributed by atoms with Gasteiger partial charge < -0.3 is 19.4 Å². The molecule has 1 aromatic heterocycles. The van der Waals surface area contributed by atoms with Gasteiger partial charge in [0.2, 0.25) is 11.9 Å². The van der Waals surface area contributed by atoms with Gasteiger partial charge in [-0.3, -0.25) is 4.79 Å². The van der Waals surface area contributed by atoms with Crippen molar-refractivity contribution in [2.45, 2.75) is 45.4 Å². The van der Waals surface area contributed by atoms with E-state index in [4.69, 9.17) is 14.7 Å². The SMILES string of the molecule is CCc1cc(N2CC[C@@]3(CCCN(CCOC)C3=O)C2)nc(N2CCCC2)n1. The third kappa shape index (κ3) is 3.69. The summed E-state index contributed by atoms with van der Waals surface area (Å²) in [6.45, 7) is 8.06. The molecule has 154 valence electrons. The standard InChI is InChI=1S/C21H33N5O2/c1-3-17-15-18(23-20(22-17)25-9-4-5-10-25)26-12-8-21(16-26)7-6-11-24(19(21)27)13-14-28-2/h15H,3-14,16H2,1-2H3/t21-/m0/s1. The number of amides is 1. The third-order valence-corrected chi connectivity index (χ3v) is 6.57. The van der Waals surface area contributed by atoms with Gasteiger partial charge in [-0.2, -0.15) is 4.98 Å². The zero-order valence-electron chi connectivity index (χ0n) is 17.3. The predicted molar refractivity (Wildman–Crippen MR) is 110 cm³/mol. The largest absolute Gasteiger partial charge is 0.383 e. The van der Waals surface area contributed by atoms with Crippen LogP contribution in [-0.2, 0) is 16.0 Å². The molecule has 7 heteroatoms. The first-order valence-corrected chi connectivity index (χ1v) is 10.8. The number of aryl methyl sites for hydroxylation is 1. The first-order chi connectivity index (χ1) is 13.6. The molecule has 7 nitrogen and oxygen atoms in total. The van der Waals surface area contributed by atoms with Gasteiger partial charge in [0.1, 0.15) is 5.82 Å². The molecular weight excluding hydrogens is 354 g/mol. The fraction of sp³-hybridized carbons (Fsp3) is 0.762. The van der Waals surface area contributed by atoms with Crippen molar-refractivity contribution in [3.63, 3.8) is 0 Å². The maximum absolute atomic E-state index is 13.2. The second-order valence-corrected chi connectivity index (χ2v) is 8.41. The lowest BCUT2D eigenvalue weighted by Gasteiger charge is -2.39. The van der Waals surface area contributed by atoms with Gasteiger partial charge in [-0.25, -0.2) is 4.98 Å². The first-order valence-electron chi connectivity index (χ1n) is 10.8. The van der Waals surface area contributed by atoms with Crippen LogP contribution in [0.3, 0.4) is 0 Å². The third-order valence-electron chi connectivity index (χ3n) is 6.57. The Morgan fingerprint density at radius 1 is 1.07 bits per heavy atom. The average molecular weight is 388 g/mol. The Balaban J connectivity index is 1.53. The van der Waals surface area contributed by atoms with Gasteiger partial charge in [-0.05, 0) is 38.5 Å². The number of carbonyl (C=O) groups is 1. The second kappa shape index (κ2) is 8.23. The molecule has 4 rings (SSSR count). The summed E-state index contributed by atoms with van der Waals surface area (Å²) < 4.78 is 5.20. The van der Waals surface area contributed by atoms with E-state index in [-0.39, 0.29) is 5.41 Å². The van der Waals surface area contributed by atoms with Crippen LogP contribution in [0.15, 0.2) is 6.07 Å². The number of anilines is 2. The zero-order chi connectivity index (χ0) is 19.6. The molecule has 0 N–H and O–H groups in total. The van der Waals surface area contributed by atoms with Gasteiger partial charge >= 0.3 is 0 Å². The molecule has 0 radical (unpaired) electrons. The van der Waals surface area contributed by atoms with Crippen molar-refractivity contribution in [1.82, 2.24) is 14.9 Å². The van der Waals surface area contributed by atoms with Crippen molar-refractivity contribution < 1.29 is 9.53 Å². The number of hydrogen-bond acceptors (Lipinski definition) is 6. The molecule has 1 spiro atoms. The van der Waals surface area contributed by atoms with E-state index in [0.29, 0.717) is 19.1 Å². The summed E-state index contributed by atoms with van der Waals surface area (Å²) >= 11 is 0. The Morgan fingerprint density at radius 2 is 1.89 bits per heavy atom. The maximum Gasteiger partial charge on any atom is 0.230 e. The van der Waals surface area contributed by atoms with Crippen molar-refractivity contribution in [1.29, 1.82) is 0 Å². The van der Waals surface area contributed by atoms with Crippen LogP contribution >= 0.6 is 0 Å². The highest BCUT2D eigenvalue weighted by Crippen LogP contribution is 2.41. The minimum Gasteiger partial charge on any atom is -0.383 e. The topological polar surface area (TPSA) is 61.8 Å². The summed E-state index contributed by atoms with van der Waals surface area (Å²) in [5.41, 5.74) is 0.835. The monoisotopic (exact) mass is 387 g/mol. The molecule has 0 aromatic carbocycles. The van der Waals surface area contributed by atoms with Crippen LogP contribution in [0.2, 0.25) is 0 Å². The molecule has 28 heavy (non-hydrogen) atoms. The molecule has 3 aliphatic rings. The van der Waals surface area contributed by atoms with Crippen LogP contribution in [0.4, 0.5) is 11.8 Å². The van der Waals surface area contributed by atoms with Crippen LogP contribution in [0.5, 0.6) is 0 Å². The van der Waals surface area contributed by atoms with E-state index >= 15 is 0 Å². The lowest BCUT2D eigenvalue weighted by atomic mass is 9.78. The van der Waals surface area contributed by atoms with Crippen LogP contribution < -0.4 is 9.80 Å². The molecule has 3 fully saturated rings. The Kier molecular flexibility index (Phi) is 5.71. The minimum absolute atomic E-state index is 0.253. The van der Waals surface area contributed by atoms with Gasteiger partial charge in [-0.15, -0.1) is 0 Å². The molecule has 1 aromatic rings. The Labute approximate surface area is 168 Å². The lowest BCUT2D eigenvalue weighted by molar-refractivity contribution is -0.145. The highest BCUT2D eigenvalue weighted by Gasteiger charge is 2.48. The summed E-state index contributed by atoms with van der Waals surface area (Å²) in [5, 5.41) is 0. The zero-order valence-corrected chi connectivity index (χ0v) is 17.3. The molecule has 0 bridgehead atoms. The van der Waals surface area contributed by atoms with Crippen molar-refractivity contribution in [2.75, 3.05) is 62.8 Å². The summed E-state index contributed by atoms with van der Waals surface area (Å²) in [6.07, 6.45) is 6.31. The Morgan fingerprint density at radius 3 is 2.64 bits per heavy atom. The number of methoxy groups -OCH3 is 1. The van der Waals surface area contributed by atoms with Crippen LogP contribution in [0, 0.1) is 5.41 Å². The Bertz CT molecular complexity index is 706. The summed E-state index contributed by atoms with van der Waals surface area (Å²) in [4.78, 5) is 29.5. The fourth-order valence-electron chi connectivity index (χ4n) is 4.88. The summed E-state index contributed by atoms with van der Waals surface area (Å²) in [7, 11) is 1.69. The number of rotatable bonds is 6. The van der Waals surface area contributed by atoms with Crippen molar-refractivity contribution >= 4 is 17.7 Å². The number of likely N-dealkylation sites (tertiary alicyclic amines) is 1. The molecule has 1 amide bonds. The fourth-order valence-corrected chi connectivity index (χ4v) is 4.88. The van der Waals surface area contributed by atoms with Gasteiger partial charge in [0.25, 0.3) is 0 Å². The van der Waals surface area contributed by atoms with Gasteiger partial charge in [0, 0.05) is 58.1 Å². The molecule has 3 saturated heterocycles. The maximum atomic E-state index is 13.2. The van der Waals surface area contributed by atoms with Crippen molar-refractivity contribution in [3.8, 4) is 0 Å². The number of ether oxygens (including phenoxy) is 1. The van der Waals surface area contributed by atoms with E-state index in [1.165, 1.54) is 12.8 Å². The molecular formula is C21H33N5O2. The number of nitrogens with zero attached hydrogens (tertiary/aromatic N) is 5. The molecule has 0 saturated carbocycles. The van der Waals surface area contributed by atoms with E-state index in [1.807, 2.05) is 4.90 Å². The highest BCUT2D eigenvalue weighted by atomic mass is 16.5. The van der Waals surface area contributed by atoms with E-state index < -0.39 is 0 Å². The molecule has 0 unspecified atom stereocenters. The number of hydrogen-bond donors (Lipinski definition) is 0. The Hall–Kier alpha value is -1.89. The minimum atomic E-state index is -0.253. The second-order valence-electron chi connectivity index (χ2n) is 8.41. The predicted octanol–water partition coefficient (Wildman–Crippen LogP) is 2.10. The molecule has 4 heterocycles. The number of carbonyl (C=O) groups excluding carboxylic acids is 1. The van der Waals surface area contributed by atoms with Gasteiger partial charge in [0.05, 0.1) is 12.0 Å². The normalized spacial score (nSPS) is 25.4. The van der Waals surface area contributed by atoms with E-state index in [1.54, 1.807) is 7.11 Å². The van der Waals surface area contributed by atoms with Crippen LogP contribution in [0.1, 0.15) is 44.7 Å². The molecule has 0 aliphatic carbocycles. The lowest BCUT2D eigenvalue weighted by Crippen LogP contribution is -2.51. The number of piperidine rings is 1. The van der Waals surface area contributed by atoms with Crippen LogP contribution in [-0.4, -0.2) is 73.8 Å². The van der Waals surface area contributed by atoms with E-state index in [9.17, 15) is 4.79 Å². The van der Waals surface area contributed by atoms with Gasteiger partial charge in [0.15, 0.2) is 0 Å². The summed E-state index contributed by atoms with van der Waals surface area (Å²) in [6, 6.07) is 2.12. The molecule has 1 atom stereocenters. The van der Waals surface area contributed by atoms with Crippen molar-refractivity contribution in [3.05, 3.63) is 11.8 Å². The number of aromatic nitrogens is 2.